The quantitative estimate of drug-likeness (QED) is 0.647. The lowest BCUT2D eigenvalue weighted by Gasteiger charge is -2.17. The Morgan fingerprint density at radius 1 is 1.00 bits per heavy atom. The fourth-order valence-corrected chi connectivity index (χ4v) is 2.60. The summed E-state index contributed by atoms with van der Waals surface area (Å²) in [6.45, 7) is 7.00. The Morgan fingerprint density at radius 2 is 1.65 bits per heavy atom. The molecule has 1 N–H and O–H groups in total. The van der Waals surface area contributed by atoms with Gasteiger partial charge < -0.3 is 14.8 Å². The van der Waals surface area contributed by atoms with Crippen LogP contribution < -0.4 is 14.8 Å². The minimum absolute atomic E-state index is 0.116. The van der Waals surface area contributed by atoms with E-state index in [4.69, 9.17) is 9.47 Å². The molecule has 0 radical (unpaired) electrons. The summed E-state index contributed by atoms with van der Waals surface area (Å²) >= 11 is 0. The number of nitrogens with one attached hydrogen (secondary N) is 1. The standard InChI is InChI=1S/C22H29NO3/c1-4-6-18-9-13-19(14-10-18)25-16-15-23-22(24)21(5-2)26-20-11-7-17(3)8-12-20/h7-14,21H,4-6,15-16H2,1-3H3,(H,23,24)/t21-/m0/s1. The van der Waals surface area contributed by atoms with Crippen molar-refractivity contribution in [1.82, 2.24) is 5.32 Å². The Bertz CT molecular complexity index is 665. The fourth-order valence-electron chi connectivity index (χ4n) is 2.60. The minimum Gasteiger partial charge on any atom is -0.492 e. The summed E-state index contributed by atoms with van der Waals surface area (Å²) in [5.41, 5.74) is 2.47. The van der Waals surface area contributed by atoms with Crippen molar-refractivity contribution in [3.63, 3.8) is 0 Å². The second kappa shape index (κ2) is 10.5. The van der Waals surface area contributed by atoms with Crippen molar-refractivity contribution < 1.29 is 14.3 Å². The van der Waals surface area contributed by atoms with E-state index in [9.17, 15) is 4.79 Å². The number of ether oxygens (including phenoxy) is 2. The maximum Gasteiger partial charge on any atom is 0.261 e. The first kappa shape index (κ1) is 19.8. The van der Waals surface area contributed by atoms with Crippen molar-refractivity contribution in [3.8, 4) is 11.5 Å². The largest absolute Gasteiger partial charge is 0.492 e. The summed E-state index contributed by atoms with van der Waals surface area (Å²) < 4.78 is 11.5. The Morgan fingerprint density at radius 3 is 2.27 bits per heavy atom. The maximum atomic E-state index is 12.3. The van der Waals surface area contributed by atoms with Crippen molar-refractivity contribution in [2.24, 2.45) is 0 Å². The minimum atomic E-state index is -0.494. The smallest absolute Gasteiger partial charge is 0.261 e. The normalized spacial score (nSPS) is 11.7. The molecule has 140 valence electrons. The monoisotopic (exact) mass is 355 g/mol. The lowest BCUT2D eigenvalue weighted by Crippen LogP contribution is -2.39. The van der Waals surface area contributed by atoms with E-state index in [0.717, 1.165) is 24.2 Å². The Balaban J connectivity index is 1.73. The first-order valence-electron chi connectivity index (χ1n) is 9.35. The van der Waals surface area contributed by atoms with E-state index in [1.54, 1.807) is 0 Å². The number of carbonyl (C=O) groups excluding carboxylic acids is 1. The van der Waals surface area contributed by atoms with Gasteiger partial charge in [0.1, 0.15) is 18.1 Å². The van der Waals surface area contributed by atoms with Crippen molar-refractivity contribution in [2.45, 2.75) is 46.1 Å². The van der Waals surface area contributed by atoms with E-state index in [1.807, 2.05) is 50.2 Å². The van der Waals surface area contributed by atoms with Crippen LogP contribution in [0.4, 0.5) is 0 Å². The zero-order chi connectivity index (χ0) is 18.8. The number of benzene rings is 2. The van der Waals surface area contributed by atoms with Crippen LogP contribution in [0.1, 0.15) is 37.8 Å². The van der Waals surface area contributed by atoms with Crippen molar-refractivity contribution in [2.75, 3.05) is 13.2 Å². The topological polar surface area (TPSA) is 47.6 Å². The molecule has 1 amide bonds. The van der Waals surface area contributed by atoms with Crippen LogP contribution >= 0.6 is 0 Å². The number of hydrogen-bond donors (Lipinski definition) is 1. The second-order valence-electron chi connectivity index (χ2n) is 6.36. The van der Waals surface area contributed by atoms with Gasteiger partial charge in [0.2, 0.25) is 0 Å². The van der Waals surface area contributed by atoms with Crippen LogP contribution in [0.25, 0.3) is 0 Å². The Labute approximate surface area is 156 Å². The van der Waals surface area contributed by atoms with E-state index in [2.05, 4.69) is 24.4 Å². The van der Waals surface area contributed by atoms with Crippen molar-refractivity contribution >= 4 is 5.91 Å². The Hall–Kier alpha value is -2.49. The summed E-state index contributed by atoms with van der Waals surface area (Å²) in [4.78, 5) is 12.3. The molecule has 0 saturated heterocycles. The van der Waals surface area contributed by atoms with Gasteiger partial charge >= 0.3 is 0 Å². The van der Waals surface area contributed by atoms with Crippen LogP contribution in [0.5, 0.6) is 11.5 Å². The molecule has 2 aromatic carbocycles. The SMILES string of the molecule is CCCc1ccc(OCCNC(=O)[C@H](CC)Oc2ccc(C)cc2)cc1. The van der Waals surface area contributed by atoms with Gasteiger partial charge in [0.25, 0.3) is 5.91 Å². The Kier molecular flexibility index (Phi) is 8.00. The molecular formula is C22H29NO3. The van der Waals surface area contributed by atoms with Crippen molar-refractivity contribution in [3.05, 3.63) is 59.7 Å². The van der Waals surface area contributed by atoms with Crippen LogP contribution in [-0.2, 0) is 11.2 Å². The highest BCUT2D eigenvalue weighted by molar-refractivity contribution is 5.81. The molecule has 0 aliphatic heterocycles. The van der Waals surface area contributed by atoms with Crippen LogP contribution in [0.2, 0.25) is 0 Å². The highest BCUT2D eigenvalue weighted by Crippen LogP contribution is 2.15. The van der Waals surface area contributed by atoms with E-state index >= 15 is 0 Å². The first-order chi connectivity index (χ1) is 12.6. The van der Waals surface area contributed by atoms with E-state index in [1.165, 1.54) is 5.56 Å². The van der Waals surface area contributed by atoms with Gasteiger partial charge in [-0.2, -0.15) is 0 Å². The number of hydrogen-bond acceptors (Lipinski definition) is 3. The van der Waals surface area contributed by atoms with E-state index in [-0.39, 0.29) is 5.91 Å². The number of amides is 1. The number of carbonyl (C=O) groups is 1. The molecule has 0 spiro atoms. The van der Waals surface area contributed by atoms with Gasteiger partial charge in [-0.25, -0.2) is 0 Å². The first-order valence-corrected chi connectivity index (χ1v) is 9.35. The molecule has 0 aliphatic carbocycles. The molecule has 0 heterocycles. The third-order valence-electron chi connectivity index (χ3n) is 4.09. The van der Waals surface area contributed by atoms with Gasteiger partial charge in [-0.3, -0.25) is 4.79 Å². The molecule has 0 aliphatic rings. The van der Waals surface area contributed by atoms with Gasteiger partial charge in [0.15, 0.2) is 6.10 Å². The number of aryl methyl sites for hydroxylation is 2. The van der Waals surface area contributed by atoms with Crippen LogP contribution in [0.3, 0.4) is 0 Å². The predicted molar refractivity (Wildman–Crippen MR) is 105 cm³/mol. The molecule has 0 fully saturated rings. The van der Waals surface area contributed by atoms with Crippen LogP contribution in [-0.4, -0.2) is 25.2 Å². The zero-order valence-corrected chi connectivity index (χ0v) is 16.0. The molecule has 4 heteroatoms. The third-order valence-corrected chi connectivity index (χ3v) is 4.09. The molecule has 1 atom stereocenters. The molecule has 0 unspecified atom stereocenters. The van der Waals surface area contributed by atoms with Crippen LogP contribution in [0.15, 0.2) is 48.5 Å². The summed E-state index contributed by atoms with van der Waals surface area (Å²) in [5.74, 6) is 1.41. The van der Waals surface area contributed by atoms with Gasteiger partial charge in [0, 0.05) is 0 Å². The average molecular weight is 355 g/mol. The average Bonchev–Trinajstić information content (AvgIpc) is 2.66. The van der Waals surface area contributed by atoms with Crippen molar-refractivity contribution in [1.29, 1.82) is 0 Å². The summed E-state index contributed by atoms with van der Waals surface area (Å²) in [6.07, 6.45) is 2.33. The molecule has 0 saturated carbocycles. The molecule has 4 nitrogen and oxygen atoms in total. The number of rotatable bonds is 10. The van der Waals surface area contributed by atoms with E-state index in [0.29, 0.717) is 25.3 Å². The van der Waals surface area contributed by atoms with Gasteiger partial charge in [-0.05, 0) is 49.6 Å². The third kappa shape index (κ3) is 6.43. The van der Waals surface area contributed by atoms with E-state index < -0.39 is 6.10 Å². The maximum absolute atomic E-state index is 12.3. The van der Waals surface area contributed by atoms with Gasteiger partial charge in [-0.15, -0.1) is 0 Å². The summed E-state index contributed by atoms with van der Waals surface area (Å²) in [7, 11) is 0. The molecule has 2 rings (SSSR count). The second-order valence-corrected chi connectivity index (χ2v) is 6.36. The lowest BCUT2D eigenvalue weighted by molar-refractivity contribution is -0.128. The molecular weight excluding hydrogens is 326 g/mol. The summed E-state index contributed by atoms with van der Waals surface area (Å²) in [5, 5.41) is 2.88. The van der Waals surface area contributed by atoms with Gasteiger partial charge in [-0.1, -0.05) is 50.1 Å². The molecule has 2 aromatic rings. The fraction of sp³-hybridized carbons (Fsp3) is 0.409. The van der Waals surface area contributed by atoms with Gasteiger partial charge in [0.05, 0.1) is 6.54 Å². The lowest BCUT2D eigenvalue weighted by atomic mass is 10.1. The molecule has 0 bridgehead atoms. The molecule has 0 aromatic heterocycles. The highest BCUT2D eigenvalue weighted by atomic mass is 16.5. The van der Waals surface area contributed by atoms with Crippen LogP contribution in [0, 0.1) is 6.92 Å². The predicted octanol–water partition coefficient (Wildman–Crippen LogP) is 4.30. The zero-order valence-electron chi connectivity index (χ0n) is 16.0. The summed E-state index contributed by atoms with van der Waals surface area (Å²) in [6, 6.07) is 15.8. The highest BCUT2D eigenvalue weighted by Gasteiger charge is 2.17. The molecule has 26 heavy (non-hydrogen) atoms.